The van der Waals surface area contributed by atoms with E-state index in [2.05, 4.69) is 36.2 Å². The zero-order valence-electron chi connectivity index (χ0n) is 12.1. The predicted octanol–water partition coefficient (Wildman–Crippen LogP) is 3.39. The van der Waals surface area contributed by atoms with Crippen molar-refractivity contribution in [3.63, 3.8) is 0 Å². The molecule has 0 spiro atoms. The van der Waals surface area contributed by atoms with Gasteiger partial charge in [0.25, 0.3) is 0 Å². The molecule has 2 rings (SSSR count). The van der Waals surface area contributed by atoms with E-state index >= 15 is 0 Å². The van der Waals surface area contributed by atoms with Crippen LogP contribution in [0, 0.1) is 0 Å². The van der Waals surface area contributed by atoms with Crippen molar-refractivity contribution in [1.82, 2.24) is 20.1 Å². The van der Waals surface area contributed by atoms with E-state index in [0.29, 0.717) is 11.3 Å². The van der Waals surface area contributed by atoms with Gasteiger partial charge in [-0.2, -0.15) is 5.10 Å². The largest absolute Gasteiger partial charge is 0.453 e. The van der Waals surface area contributed by atoms with Gasteiger partial charge in [0.1, 0.15) is 12.2 Å². The third-order valence-electron chi connectivity index (χ3n) is 3.19. The summed E-state index contributed by atoms with van der Waals surface area (Å²) in [4.78, 5) is 4.36. The summed E-state index contributed by atoms with van der Waals surface area (Å²) in [5, 5.41) is 8.20. The molecule has 5 nitrogen and oxygen atoms in total. The second kappa shape index (κ2) is 6.90. The molecule has 1 N–H and O–H groups in total. The smallest absolute Gasteiger partial charge is 0.197 e. The second-order valence-corrected chi connectivity index (χ2v) is 5.42. The van der Waals surface area contributed by atoms with Gasteiger partial charge in [0.15, 0.2) is 5.22 Å². The lowest BCUT2D eigenvalue weighted by molar-refractivity contribution is 0.459. The van der Waals surface area contributed by atoms with Crippen LogP contribution in [0.4, 0.5) is 0 Å². The van der Waals surface area contributed by atoms with Gasteiger partial charge in [-0.3, -0.25) is 0 Å². The van der Waals surface area contributed by atoms with Crippen LogP contribution in [0.5, 0.6) is 0 Å². The summed E-state index contributed by atoms with van der Waals surface area (Å²) in [5.41, 5.74) is 0.971. The number of aromatic nitrogens is 3. The van der Waals surface area contributed by atoms with E-state index in [1.807, 2.05) is 10.7 Å². The maximum Gasteiger partial charge on any atom is 0.197 e. The minimum Gasteiger partial charge on any atom is -0.453 e. The van der Waals surface area contributed by atoms with Crippen molar-refractivity contribution in [2.24, 2.45) is 0 Å². The Kier molecular flexibility index (Phi) is 5.20. The van der Waals surface area contributed by atoms with Crippen molar-refractivity contribution in [1.29, 1.82) is 0 Å². The number of nitrogens with one attached hydrogen (secondary N) is 1. The molecule has 0 bridgehead atoms. The Morgan fingerprint density at radius 3 is 2.85 bits per heavy atom. The molecule has 0 aliphatic rings. The van der Waals surface area contributed by atoms with Gasteiger partial charge in [-0.1, -0.05) is 6.92 Å². The van der Waals surface area contributed by atoms with Gasteiger partial charge >= 0.3 is 0 Å². The summed E-state index contributed by atoms with van der Waals surface area (Å²) in [5.74, 6) is 0.950. The fourth-order valence-electron chi connectivity index (χ4n) is 2.20. The highest BCUT2D eigenvalue weighted by Gasteiger charge is 2.20. The van der Waals surface area contributed by atoms with E-state index in [-0.39, 0.29) is 6.04 Å². The summed E-state index contributed by atoms with van der Waals surface area (Å²) in [6.45, 7) is 7.24. The molecule has 2 heterocycles. The van der Waals surface area contributed by atoms with Crippen LogP contribution in [0.3, 0.4) is 0 Å². The van der Waals surface area contributed by atoms with Crippen LogP contribution >= 0.6 is 11.6 Å². The number of furan rings is 1. The Morgan fingerprint density at radius 2 is 2.25 bits per heavy atom. The van der Waals surface area contributed by atoms with E-state index in [9.17, 15) is 0 Å². The maximum atomic E-state index is 6.11. The lowest BCUT2D eigenvalue weighted by atomic mass is 10.1. The van der Waals surface area contributed by atoms with Crippen LogP contribution in [-0.2, 0) is 6.42 Å². The first-order valence-electron chi connectivity index (χ1n) is 6.98. The average molecular weight is 297 g/mol. The molecular formula is C14H21ClN4O. The van der Waals surface area contributed by atoms with Crippen LogP contribution in [0.25, 0.3) is 0 Å². The van der Waals surface area contributed by atoms with Gasteiger partial charge in [-0.05, 0) is 44.5 Å². The van der Waals surface area contributed by atoms with E-state index in [1.54, 1.807) is 12.6 Å². The quantitative estimate of drug-likeness (QED) is 0.851. The zero-order valence-corrected chi connectivity index (χ0v) is 12.9. The van der Waals surface area contributed by atoms with Crippen molar-refractivity contribution < 1.29 is 4.42 Å². The van der Waals surface area contributed by atoms with Crippen LogP contribution in [-0.4, -0.2) is 21.3 Å². The monoisotopic (exact) mass is 296 g/mol. The van der Waals surface area contributed by atoms with Crippen LogP contribution < -0.4 is 5.32 Å². The molecule has 0 amide bonds. The lowest BCUT2D eigenvalue weighted by Crippen LogP contribution is -2.25. The van der Waals surface area contributed by atoms with Gasteiger partial charge in [0, 0.05) is 24.1 Å². The summed E-state index contributed by atoms with van der Waals surface area (Å²) in [7, 11) is 0. The Bertz CT molecular complexity index is 535. The first-order valence-corrected chi connectivity index (χ1v) is 7.36. The Balaban J connectivity index is 2.19. The Hall–Kier alpha value is -1.33. The molecule has 20 heavy (non-hydrogen) atoms. The first kappa shape index (κ1) is 15.1. The summed E-state index contributed by atoms with van der Waals surface area (Å²) >= 11 is 6.11. The molecule has 1 unspecified atom stereocenters. The molecule has 0 saturated carbocycles. The molecule has 0 aromatic carbocycles. The number of nitrogens with zero attached hydrogens (tertiary/aromatic N) is 3. The summed E-state index contributed by atoms with van der Waals surface area (Å²) in [6.07, 6.45) is 5.01. The Labute approximate surface area is 124 Å². The second-order valence-electron chi connectivity index (χ2n) is 5.08. The number of hydrogen-bond donors (Lipinski definition) is 1. The van der Waals surface area contributed by atoms with Crippen LogP contribution in [0.15, 0.2) is 23.1 Å². The molecule has 1 atom stereocenters. The lowest BCUT2D eigenvalue weighted by Gasteiger charge is -2.18. The topological polar surface area (TPSA) is 55.9 Å². The van der Waals surface area contributed by atoms with Gasteiger partial charge in [-0.15, -0.1) is 0 Å². The summed E-state index contributed by atoms with van der Waals surface area (Å²) in [6, 6.07) is 2.29. The predicted molar refractivity (Wildman–Crippen MR) is 78.9 cm³/mol. The fourth-order valence-corrected chi connectivity index (χ4v) is 2.44. The number of rotatable bonds is 7. The van der Waals surface area contributed by atoms with Gasteiger partial charge in [0.2, 0.25) is 0 Å². The minimum atomic E-state index is 0.0860. The molecule has 0 aliphatic carbocycles. The van der Waals surface area contributed by atoms with Crippen LogP contribution in [0.2, 0.25) is 5.22 Å². The average Bonchev–Trinajstić information content (AvgIpc) is 3.03. The minimum absolute atomic E-state index is 0.0860. The highest BCUT2D eigenvalue weighted by atomic mass is 35.5. The molecule has 110 valence electrons. The normalized spacial score (nSPS) is 13.1. The molecule has 0 fully saturated rings. The van der Waals surface area contributed by atoms with E-state index in [4.69, 9.17) is 16.0 Å². The van der Waals surface area contributed by atoms with Crippen molar-refractivity contribution in [2.75, 3.05) is 6.54 Å². The van der Waals surface area contributed by atoms with Gasteiger partial charge in [-0.25, -0.2) is 9.67 Å². The number of halogens is 1. The van der Waals surface area contributed by atoms with E-state index in [1.165, 1.54) is 0 Å². The van der Waals surface area contributed by atoms with Crippen molar-refractivity contribution >= 4 is 11.6 Å². The first-order chi connectivity index (χ1) is 9.63. The molecule has 0 radical (unpaired) electrons. The van der Waals surface area contributed by atoms with Crippen molar-refractivity contribution in [3.8, 4) is 0 Å². The summed E-state index contributed by atoms with van der Waals surface area (Å²) < 4.78 is 7.14. The molecule has 0 aliphatic heterocycles. The Morgan fingerprint density at radius 1 is 1.45 bits per heavy atom. The SMILES string of the molecule is CCCNC(Cc1ncnn1C(C)C)c1ccoc1Cl. The molecule has 2 aromatic rings. The maximum absolute atomic E-state index is 6.11. The third-order valence-corrected chi connectivity index (χ3v) is 3.49. The highest BCUT2D eigenvalue weighted by molar-refractivity contribution is 6.29. The van der Waals surface area contributed by atoms with E-state index < -0.39 is 0 Å². The van der Waals surface area contributed by atoms with Crippen LogP contribution in [0.1, 0.15) is 50.7 Å². The van der Waals surface area contributed by atoms with E-state index in [0.717, 1.165) is 30.8 Å². The number of hydrogen-bond acceptors (Lipinski definition) is 4. The van der Waals surface area contributed by atoms with Crippen molar-refractivity contribution in [3.05, 3.63) is 35.3 Å². The standard InChI is InChI=1S/C14H21ClN4O/c1-4-6-16-12(11-5-7-20-14(11)15)8-13-17-9-18-19(13)10(2)3/h5,7,9-10,12,16H,4,6,8H2,1-3H3. The molecule has 6 heteroatoms. The molecule has 2 aromatic heterocycles. The molecule has 0 saturated heterocycles. The van der Waals surface area contributed by atoms with Gasteiger partial charge < -0.3 is 9.73 Å². The highest BCUT2D eigenvalue weighted by Crippen LogP contribution is 2.26. The van der Waals surface area contributed by atoms with Gasteiger partial charge in [0.05, 0.1) is 6.26 Å². The third kappa shape index (κ3) is 3.41. The molecular weight excluding hydrogens is 276 g/mol. The fraction of sp³-hybridized carbons (Fsp3) is 0.571. The van der Waals surface area contributed by atoms with Crippen molar-refractivity contribution in [2.45, 2.75) is 45.7 Å². The zero-order chi connectivity index (χ0) is 14.5.